The van der Waals surface area contributed by atoms with Crippen molar-refractivity contribution in [1.82, 2.24) is 4.90 Å². The summed E-state index contributed by atoms with van der Waals surface area (Å²) >= 11 is 0. The molecule has 0 spiro atoms. The fourth-order valence-corrected chi connectivity index (χ4v) is 2.08. The van der Waals surface area contributed by atoms with E-state index in [9.17, 15) is 0 Å². The molecule has 1 aliphatic rings. The van der Waals surface area contributed by atoms with Crippen LogP contribution in [0.2, 0.25) is 0 Å². The van der Waals surface area contributed by atoms with E-state index in [2.05, 4.69) is 18.9 Å². The van der Waals surface area contributed by atoms with Crippen LogP contribution in [0.3, 0.4) is 0 Å². The Kier molecular flexibility index (Phi) is 4.02. The first-order valence-corrected chi connectivity index (χ1v) is 5.03. The van der Waals surface area contributed by atoms with Gasteiger partial charge in [-0.15, -0.1) is 0 Å². The Bertz CT molecular complexity index is 127. The molecule has 0 aromatic rings. The van der Waals surface area contributed by atoms with Crippen LogP contribution in [0.1, 0.15) is 26.2 Å². The van der Waals surface area contributed by atoms with E-state index in [1.54, 1.807) is 0 Å². The molecule has 1 heterocycles. The highest BCUT2D eigenvalue weighted by molar-refractivity contribution is 4.76. The van der Waals surface area contributed by atoms with Gasteiger partial charge in [0.15, 0.2) is 0 Å². The summed E-state index contributed by atoms with van der Waals surface area (Å²) in [5.41, 5.74) is 0. The Labute approximate surface area is 75.6 Å². The zero-order valence-electron chi connectivity index (χ0n) is 8.29. The average Bonchev–Trinajstić information content (AvgIpc) is 2.47. The van der Waals surface area contributed by atoms with Crippen LogP contribution in [0.5, 0.6) is 0 Å². The van der Waals surface area contributed by atoms with Gasteiger partial charge in [0.1, 0.15) is 0 Å². The van der Waals surface area contributed by atoms with Gasteiger partial charge in [-0.05, 0) is 44.7 Å². The summed E-state index contributed by atoms with van der Waals surface area (Å²) in [7, 11) is 2.19. The molecule has 1 fully saturated rings. The third-order valence-electron chi connectivity index (χ3n) is 3.05. The van der Waals surface area contributed by atoms with Crippen LogP contribution in [-0.2, 0) is 0 Å². The second-order valence-electron chi connectivity index (χ2n) is 4.15. The zero-order chi connectivity index (χ0) is 8.97. The third kappa shape index (κ3) is 2.76. The Morgan fingerprint density at radius 3 is 2.83 bits per heavy atom. The molecule has 1 N–H and O–H groups in total. The number of hydrogen-bond donors (Lipinski definition) is 1. The van der Waals surface area contributed by atoms with Crippen LogP contribution in [0.15, 0.2) is 0 Å². The van der Waals surface area contributed by atoms with Crippen LogP contribution in [0.25, 0.3) is 0 Å². The lowest BCUT2D eigenvalue weighted by Crippen LogP contribution is -2.18. The van der Waals surface area contributed by atoms with Gasteiger partial charge in [0.05, 0.1) is 0 Å². The van der Waals surface area contributed by atoms with E-state index < -0.39 is 0 Å². The number of nitrogens with zero attached hydrogens (tertiary/aromatic N) is 1. The first-order chi connectivity index (χ1) is 5.74. The molecule has 2 atom stereocenters. The molecule has 2 nitrogen and oxygen atoms in total. The van der Waals surface area contributed by atoms with E-state index in [0.29, 0.717) is 6.61 Å². The van der Waals surface area contributed by atoms with Gasteiger partial charge in [-0.25, -0.2) is 0 Å². The fraction of sp³-hybridized carbons (Fsp3) is 1.00. The highest BCUT2D eigenvalue weighted by Gasteiger charge is 2.23. The first kappa shape index (κ1) is 10.0. The molecular formula is C10H21NO. The lowest BCUT2D eigenvalue weighted by atomic mass is 9.89. The minimum atomic E-state index is 0.354. The van der Waals surface area contributed by atoms with Gasteiger partial charge in [0.25, 0.3) is 0 Å². The molecule has 0 radical (unpaired) electrons. The smallest absolute Gasteiger partial charge is 0.0431 e. The van der Waals surface area contributed by atoms with E-state index in [1.165, 1.54) is 25.9 Å². The molecule has 0 aromatic carbocycles. The average molecular weight is 171 g/mol. The first-order valence-electron chi connectivity index (χ1n) is 5.03. The van der Waals surface area contributed by atoms with Crippen LogP contribution in [0.4, 0.5) is 0 Å². The topological polar surface area (TPSA) is 23.5 Å². The van der Waals surface area contributed by atoms with E-state index in [0.717, 1.165) is 18.3 Å². The Morgan fingerprint density at radius 1 is 1.58 bits per heavy atom. The summed E-state index contributed by atoms with van der Waals surface area (Å²) in [6.45, 7) is 5.19. The lowest BCUT2D eigenvalue weighted by molar-refractivity contribution is 0.252. The van der Waals surface area contributed by atoms with Crippen molar-refractivity contribution in [2.24, 2.45) is 11.8 Å². The number of aliphatic hydroxyl groups is 1. The Hall–Kier alpha value is -0.0800. The van der Waals surface area contributed by atoms with Gasteiger partial charge in [-0.1, -0.05) is 6.92 Å². The van der Waals surface area contributed by atoms with Crippen LogP contribution in [-0.4, -0.2) is 36.8 Å². The number of aliphatic hydroxyl groups excluding tert-OH is 1. The quantitative estimate of drug-likeness (QED) is 0.690. The van der Waals surface area contributed by atoms with Crippen molar-refractivity contribution in [2.75, 3.05) is 26.7 Å². The SMILES string of the molecule is CC(CCCO)C1CCN(C)C1. The van der Waals surface area contributed by atoms with Crippen LogP contribution in [0, 0.1) is 11.8 Å². The molecule has 2 unspecified atom stereocenters. The van der Waals surface area contributed by atoms with Crippen molar-refractivity contribution in [3.8, 4) is 0 Å². The van der Waals surface area contributed by atoms with Crippen molar-refractivity contribution in [3.63, 3.8) is 0 Å². The molecule has 72 valence electrons. The largest absolute Gasteiger partial charge is 0.396 e. The second-order valence-corrected chi connectivity index (χ2v) is 4.15. The lowest BCUT2D eigenvalue weighted by Gasteiger charge is -2.18. The summed E-state index contributed by atoms with van der Waals surface area (Å²) in [5.74, 6) is 1.67. The predicted octanol–water partition coefficient (Wildman–Crippen LogP) is 1.35. The maximum atomic E-state index is 8.70. The van der Waals surface area contributed by atoms with Gasteiger partial charge < -0.3 is 10.0 Å². The number of rotatable bonds is 4. The molecule has 0 saturated carbocycles. The molecular weight excluding hydrogens is 150 g/mol. The summed E-state index contributed by atoms with van der Waals surface area (Å²) in [6, 6.07) is 0. The summed E-state index contributed by atoms with van der Waals surface area (Å²) < 4.78 is 0. The maximum Gasteiger partial charge on any atom is 0.0431 e. The molecule has 0 amide bonds. The number of hydrogen-bond acceptors (Lipinski definition) is 2. The molecule has 0 aromatic heterocycles. The van der Waals surface area contributed by atoms with Crippen molar-refractivity contribution in [2.45, 2.75) is 26.2 Å². The van der Waals surface area contributed by atoms with E-state index >= 15 is 0 Å². The van der Waals surface area contributed by atoms with E-state index in [1.807, 2.05) is 0 Å². The summed E-state index contributed by atoms with van der Waals surface area (Å²) in [6.07, 6.45) is 3.51. The minimum Gasteiger partial charge on any atom is -0.396 e. The van der Waals surface area contributed by atoms with Gasteiger partial charge in [-0.3, -0.25) is 0 Å². The van der Waals surface area contributed by atoms with Crippen LogP contribution < -0.4 is 0 Å². The Balaban J connectivity index is 2.18. The molecule has 1 rings (SSSR count). The summed E-state index contributed by atoms with van der Waals surface area (Å²) in [5, 5.41) is 8.70. The van der Waals surface area contributed by atoms with Crippen molar-refractivity contribution >= 4 is 0 Å². The number of likely N-dealkylation sites (tertiary alicyclic amines) is 1. The zero-order valence-corrected chi connectivity index (χ0v) is 8.29. The van der Waals surface area contributed by atoms with E-state index in [-0.39, 0.29) is 0 Å². The maximum absolute atomic E-state index is 8.70. The third-order valence-corrected chi connectivity index (χ3v) is 3.05. The monoisotopic (exact) mass is 171 g/mol. The van der Waals surface area contributed by atoms with Crippen molar-refractivity contribution in [3.05, 3.63) is 0 Å². The van der Waals surface area contributed by atoms with Gasteiger partial charge in [0, 0.05) is 13.2 Å². The Morgan fingerprint density at radius 2 is 2.33 bits per heavy atom. The van der Waals surface area contributed by atoms with Crippen molar-refractivity contribution < 1.29 is 5.11 Å². The molecule has 0 bridgehead atoms. The van der Waals surface area contributed by atoms with Crippen molar-refractivity contribution in [1.29, 1.82) is 0 Å². The highest BCUT2D eigenvalue weighted by Crippen LogP contribution is 2.25. The predicted molar refractivity (Wildman–Crippen MR) is 51.1 cm³/mol. The van der Waals surface area contributed by atoms with Gasteiger partial charge in [0.2, 0.25) is 0 Å². The van der Waals surface area contributed by atoms with E-state index in [4.69, 9.17) is 5.11 Å². The van der Waals surface area contributed by atoms with Crippen LogP contribution >= 0.6 is 0 Å². The van der Waals surface area contributed by atoms with Gasteiger partial charge in [-0.2, -0.15) is 0 Å². The molecule has 0 aliphatic carbocycles. The second kappa shape index (κ2) is 4.83. The molecule has 2 heteroatoms. The molecule has 12 heavy (non-hydrogen) atoms. The fourth-order valence-electron chi connectivity index (χ4n) is 2.08. The minimum absolute atomic E-state index is 0.354. The molecule has 1 aliphatic heterocycles. The molecule has 1 saturated heterocycles. The van der Waals surface area contributed by atoms with Gasteiger partial charge >= 0.3 is 0 Å². The summed E-state index contributed by atoms with van der Waals surface area (Å²) in [4.78, 5) is 2.40. The standard InChI is InChI=1S/C10H21NO/c1-9(4-3-7-12)10-5-6-11(2)8-10/h9-10,12H,3-8H2,1-2H3. The normalized spacial score (nSPS) is 27.8. The highest BCUT2D eigenvalue weighted by atomic mass is 16.2.